The third-order valence-corrected chi connectivity index (χ3v) is 5.56. The van der Waals surface area contributed by atoms with Crippen LogP contribution in [-0.2, 0) is 24.4 Å². The van der Waals surface area contributed by atoms with Crippen molar-refractivity contribution in [1.29, 1.82) is 0 Å². The Kier molecular flexibility index (Phi) is 12.2. The Hall–Kier alpha value is -0.180. The largest absolute Gasteiger partial charge is 0.286 e. The highest BCUT2D eigenvalue weighted by Gasteiger charge is 2.16. The Morgan fingerprint density at radius 1 is 0.727 bits per heavy atom. The molecule has 0 rings (SSSR count). The summed E-state index contributed by atoms with van der Waals surface area (Å²) >= 11 is 0. The first-order valence-electron chi connectivity index (χ1n) is 8.09. The standard InChI is InChI=1S/C14H30O6S2/c1-2-3-4-5-6-7-8-9-10-11-12-20-22(18,19)14-13-21(15,16)17/h2-14H2,1H3,(H,15,16,17). The summed E-state index contributed by atoms with van der Waals surface area (Å²) in [6.07, 6.45) is 11.4. The van der Waals surface area contributed by atoms with Crippen molar-refractivity contribution in [3.63, 3.8) is 0 Å². The predicted molar refractivity (Wildman–Crippen MR) is 88.0 cm³/mol. The highest BCUT2D eigenvalue weighted by molar-refractivity contribution is 7.90. The average molecular weight is 359 g/mol. The zero-order valence-corrected chi connectivity index (χ0v) is 15.1. The monoisotopic (exact) mass is 358 g/mol. The molecule has 0 fully saturated rings. The lowest BCUT2D eigenvalue weighted by Crippen LogP contribution is -2.19. The molecule has 22 heavy (non-hydrogen) atoms. The van der Waals surface area contributed by atoms with Gasteiger partial charge >= 0.3 is 0 Å². The van der Waals surface area contributed by atoms with Crippen LogP contribution in [0.25, 0.3) is 0 Å². The van der Waals surface area contributed by atoms with Crippen molar-refractivity contribution in [2.24, 2.45) is 0 Å². The molecule has 0 aromatic rings. The summed E-state index contributed by atoms with van der Waals surface area (Å²) in [5, 5.41) is 0. The van der Waals surface area contributed by atoms with Crippen LogP contribution in [0.15, 0.2) is 0 Å². The Labute approximate surface area is 135 Å². The quantitative estimate of drug-likeness (QED) is 0.274. The van der Waals surface area contributed by atoms with Gasteiger partial charge in [-0.15, -0.1) is 0 Å². The van der Waals surface area contributed by atoms with E-state index in [1.165, 1.54) is 38.5 Å². The van der Waals surface area contributed by atoms with Crippen LogP contribution in [0, 0.1) is 0 Å². The zero-order valence-electron chi connectivity index (χ0n) is 13.5. The van der Waals surface area contributed by atoms with E-state index in [0.29, 0.717) is 6.42 Å². The highest BCUT2D eigenvalue weighted by atomic mass is 32.2. The summed E-state index contributed by atoms with van der Waals surface area (Å²) in [5.74, 6) is -1.53. The molecular formula is C14H30O6S2. The maximum atomic E-state index is 11.3. The van der Waals surface area contributed by atoms with Crippen molar-refractivity contribution >= 4 is 20.2 Å². The molecule has 0 radical (unpaired) electrons. The molecule has 0 aromatic heterocycles. The van der Waals surface area contributed by atoms with Crippen molar-refractivity contribution in [2.75, 3.05) is 18.1 Å². The van der Waals surface area contributed by atoms with E-state index in [1.807, 2.05) is 0 Å². The second-order valence-electron chi connectivity index (χ2n) is 5.55. The molecule has 0 heterocycles. The fraction of sp³-hybridized carbons (Fsp3) is 1.00. The van der Waals surface area contributed by atoms with Gasteiger partial charge in [0.25, 0.3) is 20.2 Å². The summed E-state index contributed by atoms with van der Waals surface area (Å²) in [6.45, 7) is 2.27. The predicted octanol–water partition coefficient (Wildman–Crippen LogP) is 3.14. The number of hydrogen-bond donors (Lipinski definition) is 1. The smallest absolute Gasteiger partial charge is 0.268 e. The van der Waals surface area contributed by atoms with Crippen LogP contribution in [0.3, 0.4) is 0 Å². The lowest BCUT2D eigenvalue weighted by atomic mass is 10.1. The Morgan fingerprint density at radius 2 is 1.18 bits per heavy atom. The van der Waals surface area contributed by atoms with Gasteiger partial charge in [-0.3, -0.25) is 8.74 Å². The van der Waals surface area contributed by atoms with Crippen LogP contribution in [0.2, 0.25) is 0 Å². The molecule has 6 nitrogen and oxygen atoms in total. The van der Waals surface area contributed by atoms with Crippen molar-refractivity contribution < 1.29 is 25.6 Å². The van der Waals surface area contributed by atoms with Gasteiger partial charge < -0.3 is 0 Å². The van der Waals surface area contributed by atoms with Gasteiger partial charge in [-0.1, -0.05) is 64.7 Å². The van der Waals surface area contributed by atoms with Gasteiger partial charge in [0.15, 0.2) is 0 Å². The first-order valence-corrected chi connectivity index (χ1v) is 11.3. The SMILES string of the molecule is CCCCCCCCCCCCOS(=O)(=O)CCS(=O)(=O)O. The summed E-state index contributed by atoms with van der Waals surface area (Å²) in [4.78, 5) is 0. The fourth-order valence-electron chi connectivity index (χ4n) is 2.04. The molecule has 8 heteroatoms. The first kappa shape index (κ1) is 21.8. The third-order valence-electron chi connectivity index (χ3n) is 3.35. The van der Waals surface area contributed by atoms with E-state index < -0.39 is 31.7 Å². The zero-order chi connectivity index (χ0) is 16.9. The Bertz CT molecular complexity index is 456. The van der Waals surface area contributed by atoms with Crippen LogP contribution in [0.1, 0.15) is 71.1 Å². The van der Waals surface area contributed by atoms with Crippen LogP contribution in [0.4, 0.5) is 0 Å². The molecule has 0 aromatic carbocycles. The number of hydrogen-bond acceptors (Lipinski definition) is 5. The summed E-state index contributed by atoms with van der Waals surface area (Å²) in [6, 6.07) is 0. The molecule has 0 saturated carbocycles. The van der Waals surface area contributed by atoms with Gasteiger partial charge in [0.1, 0.15) is 0 Å². The van der Waals surface area contributed by atoms with Crippen LogP contribution >= 0.6 is 0 Å². The summed E-state index contributed by atoms with van der Waals surface area (Å²) < 4.78 is 56.8. The van der Waals surface area contributed by atoms with Crippen molar-refractivity contribution in [3.05, 3.63) is 0 Å². The second-order valence-corrected chi connectivity index (χ2v) is 8.88. The van der Waals surface area contributed by atoms with Crippen LogP contribution < -0.4 is 0 Å². The molecule has 0 bridgehead atoms. The van der Waals surface area contributed by atoms with E-state index in [9.17, 15) is 16.8 Å². The molecule has 0 atom stereocenters. The molecule has 0 amide bonds. The van der Waals surface area contributed by atoms with Gasteiger partial charge in [0, 0.05) is 0 Å². The normalized spacial score (nSPS) is 12.6. The average Bonchev–Trinajstić information content (AvgIpc) is 2.42. The number of rotatable bonds is 15. The molecule has 0 aliphatic carbocycles. The van der Waals surface area contributed by atoms with Gasteiger partial charge in [-0.25, -0.2) is 0 Å². The fourth-order valence-corrected chi connectivity index (χ4v) is 4.19. The van der Waals surface area contributed by atoms with E-state index >= 15 is 0 Å². The maximum Gasteiger partial charge on any atom is 0.268 e. The molecule has 0 aliphatic heterocycles. The molecule has 1 N–H and O–H groups in total. The van der Waals surface area contributed by atoms with Crippen molar-refractivity contribution in [1.82, 2.24) is 0 Å². The Morgan fingerprint density at radius 3 is 1.64 bits per heavy atom. The number of unbranched alkanes of at least 4 members (excludes halogenated alkanes) is 9. The summed E-state index contributed by atoms with van der Waals surface area (Å²) in [7, 11) is -8.13. The van der Waals surface area contributed by atoms with E-state index in [1.54, 1.807) is 0 Å². The minimum absolute atomic E-state index is 0.0737. The lowest BCUT2D eigenvalue weighted by Gasteiger charge is -2.05. The topological polar surface area (TPSA) is 97.7 Å². The van der Waals surface area contributed by atoms with Crippen LogP contribution in [-0.4, -0.2) is 39.5 Å². The third kappa shape index (κ3) is 16.2. The van der Waals surface area contributed by atoms with Crippen molar-refractivity contribution in [3.8, 4) is 0 Å². The maximum absolute atomic E-state index is 11.3. The first-order chi connectivity index (χ1) is 10.3. The molecule has 0 spiro atoms. The Balaban J connectivity index is 3.45. The van der Waals surface area contributed by atoms with E-state index in [2.05, 4.69) is 6.92 Å². The van der Waals surface area contributed by atoms with Gasteiger partial charge in [0.2, 0.25) is 0 Å². The lowest BCUT2D eigenvalue weighted by molar-refractivity contribution is 0.306. The molecule has 0 aliphatic rings. The van der Waals surface area contributed by atoms with Crippen LogP contribution in [0.5, 0.6) is 0 Å². The molecule has 0 unspecified atom stereocenters. The van der Waals surface area contributed by atoms with E-state index in [4.69, 9.17) is 8.74 Å². The van der Waals surface area contributed by atoms with Gasteiger partial charge in [0.05, 0.1) is 18.1 Å². The minimum Gasteiger partial charge on any atom is -0.286 e. The van der Waals surface area contributed by atoms with E-state index in [0.717, 1.165) is 19.3 Å². The van der Waals surface area contributed by atoms with Gasteiger partial charge in [-0.2, -0.15) is 16.8 Å². The van der Waals surface area contributed by atoms with Crippen molar-refractivity contribution in [2.45, 2.75) is 71.1 Å². The van der Waals surface area contributed by atoms with E-state index in [-0.39, 0.29) is 6.61 Å². The minimum atomic E-state index is -4.27. The highest BCUT2D eigenvalue weighted by Crippen LogP contribution is 2.10. The summed E-state index contributed by atoms with van der Waals surface area (Å²) in [5.41, 5.74) is 0. The molecule has 134 valence electrons. The van der Waals surface area contributed by atoms with Gasteiger partial charge in [-0.05, 0) is 6.42 Å². The molecular weight excluding hydrogens is 328 g/mol. The second kappa shape index (κ2) is 12.3. The molecule has 0 saturated heterocycles.